The van der Waals surface area contributed by atoms with Crippen molar-refractivity contribution in [3.63, 3.8) is 0 Å². The second-order valence-electron chi connectivity index (χ2n) is 5.26. The molecule has 1 aliphatic rings. The van der Waals surface area contributed by atoms with Gasteiger partial charge in [0.15, 0.2) is 0 Å². The molecule has 0 saturated carbocycles. The molecule has 2 unspecified atom stereocenters. The molecule has 0 aliphatic carbocycles. The Balaban J connectivity index is 0.00000200. The summed E-state index contributed by atoms with van der Waals surface area (Å²) in [5.74, 6) is 0.0541. The zero-order valence-corrected chi connectivity index (χ0v) is 13.1. The number of anilines is 1. The lowest BCUT2D eigenvalue weighted by Gasteiger charge is -2.36. The quantitative estimate of drug-likeness (QED) is 0.854. The van der Waals surface area contributed by atoms with Crippen LogP contribution in [0, 0.1) is 6.92 Å². The molecule has 2 rings (SSSR count). The van der Waals surface area contributed by atoms with Gasteiger partial charge in [0.25, 0.3) is 5.91 Å². The Kier molecular flexibility index (Phi) is 5.84. The first-order valence-corrected chi connectivity index (χ1v) is 6.82. The molecular formula is C15H23ClN2O2. The number of nitrogens with two attached hydrogens (primary N) is 1. The van der Waals surface area contributed by atoms with Crippen LogP contribution in [0.2, 0.25) is 0 Å². The highest BCUT2D eigenvalue weighted by Gasteiger charge is 2.28. The van der Waals surface area contributed by atoms with Crippen molar-refractivity contribution in [2.45, 2.75) is 39.4 Å². The number of aryl methyl sites for hydroxylation is 1. The predicted octanol–water partition coefficient (Wildman–Crippen LogP) is 2.64. The van der Waals surface area contributed by atoms with Crippen LogP contribution < -0.4 is 5.73 Å². The van der Waals surface area contributed by atoms with Crippen LogP contribution in [0.25, 0.3) is 0 Å². The summed E-state index contributed by atoms with van der Waals surface area (Å²) in [6, 6.07) is 5.48. The molecule has 0 aromatic heterocycles. The standard InChI is InChI=1S/C15H22N2O2.ClH/c1-4-13-9-17(8-11(3)19-13)15(18)14-7-12(16)6-5-10(14)2;/h5-7,11,13H,4,8-9,16H2,1-3H3;1H. The van der Waals surface area contributed by atoms with Crippen LogP contribution in [-0.4, -0.2) is 36.1 Å². The number of benzene rings is 1. The molecule has 1 amide bonds. The Labute approximate surface area is 126 Å². The van der Waals surface area contributed by atoms with Crippen molar-refractivity contribution in [2.24, 2.45) is 0 Å². The van der Waals surface area contributed by atoms with Crippen molar-refractivity contribution in [1.29, 1.82) is 0 Å². The number of amides is 1. The number of carbonyl (C=O) groups excluding carboxylic acids is 1. The van der Waals surface area contributed by atoms with E-state index in [1.807, 2.05) is 30.9 Å². The minimum atomic E-state index is 0. The second-order valence-corrected chi connectivity index (χ2v) is 5.26. The summed E-state index contributed by atoms with van der Waals surface area (Å²) in [6.07, 6.45) is 1.14. The van der Waals surface area contributed by atoms with Crippen LogP contribution in [0.5, 0.6) is 0 Å². The molecule has 1 aromatic carbocycles. The molecule has 112 valence electrons. The van der Waals surface area contributed by atoms with Gasteiger partial charge in [0.1, 0.15) is 0 Å². The number of halogens is 1. The topological polar surface area (TPSA) is 55.6 Å². The first kappa shape index (κ1) is 16.8. The van der Waals surface area contributed by atoms with Crippen LogP contribution >= 0.6 is 12.4 Å². The number of hydrogen-bond acceptors (Lipinski definition) is 3. The van der Waals surface area contributed by atoms with E-state index >= 15 is 0 Å². The zero-order valence-electron chi connectivity index (χ0n) is 12.3. The highest BCUT2D eigenvalue weighted by Crippen LogP contribution is 2.19. The first-order valence-electron chi connectivity index (χ1n) is 6.82. The fourth-order valence-corrected chi connectivity index (χ4v) is 2.48. The fourth-order valence-electron chi connectivity index (χ4n) is 2.48. The maximum atomic E-state index is 12.6. The van der Waals surface area contributed by atoms with Gasteiger partial charge < -0.3 is 15.4 Å². The van der Waals surface area contributed by atoms with E-state index in [0.717, 1.165) is 12.0 Å². The van der Waals surface area contributed by atoms with Gasteiger partial charge in [-0.05, 0) is 38.0 Å². The van der Waals surface area contributed by atoms with Crippen molar-refractivity contribution >= 4 is 24.0 Å². The molecule has 5 heteroatoms. The summed E-state index contributed by atoms with van der Waals surface area (Å²) >= 11 is 0. The molecule has 1 saturated heterocycles. The van der Waals surface area contributed by atoms with Crippen molar-refractivity contribution in [3.05, 3.63) is 29.3 Å². The number of rotatable bonds is 2. The Hall–Kier alpha value is -1.26. The predicted molar refractivity (Wildman–Crippen MR) is 83.4 cm³/mol. The number of morpholine rings is 1. The molecule has 0 radical (unpaired) electrons. The average molecular weight is 299 g/mol. The van der Waals surface area contributed by atoms with E-state index in [1.165, 1.54) is 0 Å². The number of carbonyl (C=O) groups is 1. The van der Waals surface area contributed by atoms with Gasteiger partial charge in [0.05, 0.1) is 12.2 Å². The Morgan fingerprint density at radius 1 is 1.45 bits per heavy atom. The summed E-state index contributed by atoms with van der Waals surface area (Å²) in [7, 11) is 0. The van der Waals surface area contributed by atoms with E-state index in [2.05, 4.69) is 6.92 Å². The normalized spacial score (nSPS) is 22.2. The summed E-state index contributed by atoms with van der Waals surface area (Å²) in [6.45, 7) is 7.33. The van der Waals surface area contributed by atoms with Gasteiger partial charge in [0, 0.05) is 24.3 Å². The third-order valence-electron chi connectivity index (χ3n) is 3.56. The molecule has 1 fully saturated rings. The average Bonchev–Trinajstić information content (AvgIpc) is 2.40. The van der Waals surface area contributed by atoms with Crippen LogP contribution in [0.1, 0.15) is 36.2 Å². The van der Waals surface area contributed by atoms with Gasteiger partial charge in [-0.1, -0.05) is 13.0 Å². The SMILES string of the molecule is CCC1CN(C(=O)c2cc(N)ccc2C)CC(C)O1.Cl. The highest BCUT2D eigenvalue weighted by molar-refractivity contribution is 5.96. The lowest BCUT2D eigenvalue weighted by molar-refractivity contribution is -0.0681. The molecule has 0 bridgehead atoms. The van der Waals surface area contributed by atoms with Gasteiger partial charge in [0.2, 0.25) is 0 Å². The summed E-state index contributed by atoms with van der Waals surface area (Å²) < 4.78 is 5.79. The molecule has 1 aliphatic heterocycles. The molecule has 2 atom stereocenters. The van der Waals surface area contributed by atoms with Crippen molar-refractivity contribution in [2.75, 3.05) is 18.8 Å². The smallest absolute Gasteiger partial charge is 0.254 e. The zero-order chi connectivity index (χ0) is 14.0. The molecular weight excluding hydrogens is 276 g/mol. The van der Waals surface area contributed by atoms with E-state index in [0.29, 0.717) is 24.3 Å². The van der Waals surface area contributed by atoms with E-state index in [9.17, 15) is 4.79 Å². The van der Waals surface area contributed by atoms with Crippen LogP contribution in [0.15, 0.2) is 18.2 Å². The minimum Gasteiger partial charge on any atom is -0.399 e. The Morgan fingerprint density at radius 3 is 2.80 bits per heavy atom. The van der Waals surface area contributed by atoms with Crippen molar-refractivity contribution in [3.8, 4) is 0 Å². The lowest BCUT2D eigenvalue weighted by Crippen LogP contribution is -2.49. The molecule has 20 heavy (non-hydrogen) atoms. The largest absolute Gasteiger partial charge is 0.399 e. The van der Waals surface area contributed by atoms with Gasteiger partial charge in [-0.2, -0.15) is 0 Å². The van der Waals surface area contributed by atoms with Crippen molar-refractivity contribution < 1.29 is 9.53 Å². The number of nitrogens with zero attached hydrogens (tertiary/aromatic N) is 1. The third kappa shape index (κ3) is 3.64. The fraction of sp³-hybridized carbons (Fsp3) is 0.533. The molecule has 0 spiro atoms. The minimum absolute atomic E-state index is 0. The maximum Gasteiger partial charge on any atom is 0.254 e. The highest BCUT2D eigenvalue weighted by atomic mass is 35.5. The van der Waals surface area contributed by atoms with E-state index in [-0.39, 0.29) is 30.5 Å². The summed E-state index contributed by atoms with van der Waals surface area (Å²) in [5, 5.41) is 0. The van der Waals surface area contributed by atoms with Crippen molar-refractivity contribution in [1.82, 2.24) is 4.90 Å². The number of hydrogen-bond donors (Lipinski definition) is 1. The van der Waals surface area contributed by atoms with Crippen LogP contribution in [-0.2, 0) is 4.74 Å². The van der Waals surface area contributed by atoms with Crippen LogP contribution in [0.4, 0.5) is 5.69 Å². The van der Waals surface area contributed by atoms with E-state index < -0.39 is 0 Å². The first-order chi connectivity index (χ1) is 9.01. The Morgan fingerprint density at radius 2 is 2.15 bits per heavy atom. The molecule has 1 aromatic rings. The monoisotopic (exact) mass is 298 g/mol. The van der Waals surface area contributed by atoms with Gasteiger partial charge in [-0.3, -0.25) is 4.79 Å². The number of nitrogen functional groups attached to an aromatic ring is 1. The molecule has 2 N–H and O–H groups in total. The summed E-state index contributed by atoms with van der Waals surface area (Å²) in [4.78, 5) is 14.5. The third-order valence-corrected chi connectivity index (χ3v) is 3.56. The number of ether oxygens (including phenoxy) is 1. The Bertz CT molecular complexity index is 479. The lowest BCUT2D eigenvalue weighted by atomic mass is 10.1. The van der Waals surface area contributed by atoms with Gasteiger partial charge >= 0.3 is 0 Å². The molecule has 4 nitrogen and oxygen atoms in total. The van der Waals surface area contributed by atoms with Gasteiger partial charge in [-0.25, -0.2) is 0 Å². The van der Waals surface area contributed by atoms with E-state index in [4.69, 9.17) is 10.5 Å². The molecule has 1 heterocycles. The van der Waals surface area contributed by atoms with Crippen LogP contribution in [0.3, 0.4) is 0 Å². The summed E-state index contributed by atoms with van der Waals surface area (Å²) in [5.41, 5.74) is 8.07. The van der Waals surface area contributed by atoms with Gasteiger partial charge in [-0.15, -0.1) is 12.4 Å². The second kappa shape index (κ2) is 6.95. The maximum absolute atomic E-state index is 12.6. The van der Waals surface area contributed by atoms with E-state index in [1.54, 1.807) is 6.07 Å².